The summed E-state index contributed by atoms with van der Waals surface area (Å²) in [6.45, 7) is 8.23. The van der Waals surface area contributed by atoms with Crippen LogP contribution in [0.25, 0.3) is 0 Å². The number of benzene rings is 1. The molecule has 152 valence electrons. The smallest absolute Gasteiger partial charge is 0.257 e. The molecule has 1 fully saturated rings. The normalized spacial score (nSPS) is 17.0. The van der Waals surface area contributed by atoms with Crippen molar-refractivity contribution in [1.82, 2.24) is 24.5 Å². The number of ether oxygens (including phenoxy) is 1. The lowest BCUT2D eigenvalue weighted by Crippen LogP contribution is -2.44. The summed E-state index contributed by atoms with van der Waals surface area (Å²) in [7, 11) is 1.84. The zero-order valence-electron chi connectivity index (χ0n) is 17.4. The van der Waals surface area contributed by atoms with Gasteiger partial charge in [0.15, 0.2) is 0 Å². The summed E-state index contributed by atoms with van der Waals surface area (Å²) in [5.74, 6) is -0.00138. The second kappa shape index (κ2) is 7.83. The van der Waals surface area contributed by atoms with E-state index in [-0.39, 0.29) is 11.9 Å². The number of amides is 1. The fourth-order valence-corrected chi connectivity index (χ4v) is 4.15. The van der Waals surface area contributed by atoms with E-state index in [0.717, 1.165) is 22.6 Å². The van der Waals surface area contributed by atoms with E-state index in [4.69, 9.17) is 9.84 Å². The van der Waals surface area contributed by atoms with Gasteiger partial charge in [0.2, 0.25) is 0 Å². The van der Waals surface area contributed by atoms with Gasteiger partial charge in [-0.25, -0.2) is 0 Å². The minimum absolute atomic E-state index is 0.00138. The SMILES string of the molecule is Cc1nn(C)cc1C(=O)N1CCOC[C@H]1c1c(C)nn(Cc2ccccc2)c1C. The molecule has 1 saturated heterocycles. The van der Waals surface area contributed by atoms with E-state index in [1.165, 1.54) is 5.56 Å². The van der Waals surface area contributed by atoms with Crippen molar-refractivity contribution in [2.75, 3.05) is 19.8 Å². The van der Waals surface area contributed by atoms with Crippen LogP contribution in [0.5, 0.6) is 0 Å². The van der Waals surface area contributed by atoms with Crippen LogP contribution in [0.4, 0.5) is 0 Å². The molecule has 2 aromatic heterocycles. The van der Waals surface area contributed by atoms with Crippen LogP contribution in [0.2, 0.25) is 0 Å². The highest BCUT2D eigenvalue weighted by Gasteiger charge is 2.34. The number of carbonyl (C=O) groups is 1. The van der Waals surface area contributed by atoms with E-state index >= 15 is 0 Å². The number of hydrogen-bond donors (Lipinski definition) is 0. The van der Waals surface area contributed by atoms with E-state index < -0.39 is 0 Å². The lowest BCUT2D eigenvalue weighted by molar-refractivity contribution is -0.00309. The van der Waals surface area contributed by atoms with Crippen LogP contribution in [0.1, 0.15) is 44.6 Å². The lowest BCUT2D eigenvalue weighted by Gasteiger charge is -2.36. The van der Waals surface area contributed by atoms with Gasteiger partial charge in [-0.2, -0.15) is 10.2 Å². The largest absolute Gasteiger partial charge is 0.377 e. The van der Waals surface area contributed by atoms with Gasteiger partial charge in [-0.1, -0.05) is 30.3 Å². The summed E-state index contributed by atoms with van der Waals surface area (Å²) in [4.78, 5) is 15.2. The molecule has 0 radical (unpaired) electrons. The highest BCUT2D eigenvalue weighted by atomic mass is 16.5. The zero-order valence-corrected chi connectivity index (χ0v) is 17.4. The van der Waals surface area contributed by atoms with Gasteiger partial charge < -0.3 is 9.64 Å². The fourth-order valence-electron chi connectivity index (χ4n) is 4.15. The molecule has 0 bridgehead atoms. The van der Waals surface area contributed by atoms with Crippen LogP contribution in [0, 0.1) is 20.8 Å². The molecule has 1 amide bonds. The van der Waals surface area contributed by atoms with Crippen LogP contribution in [-0.2, 0) is 18.3 Å². The van der Waals surface area contributed by atoms with Crippen molar-refractivity contribution in [3.05, 3.63) is 70.3 Å². The van der Waals surface area contributed by atoms with Crippen LogP contribution in [0.3, 0.4) is 0 Å². The quantitative estimate of drug-likeness (QED) is 0.684. The van der Waals surface area contributed by atoms with Gasteiger partial charge in [-0.05, 0) is 26.3 Å². The summed E-state index contributed by atoms with van der Waals surface area (Å²) in [6.07, 6.45) is 1.79. The third-order valence-corrected chi connectivity index (χ3v) is 5.58. The first kappa shape index (κ1) is 19.4. The Morgan fingerprint density at radius 1 is 1.14 bits per heavy atom. The Kier molecular flexibility index (Phi) is 5.24. The molecule has 0 N–H and O–H groups in total. The van der Waals surface area contributed by atoms with Gasteiger partial charge in [0.1, 0.15) is 0 Å². The van der Waals surface area contributed by atoms with Crippen molar-refractivity contribution < 1.29 is 9.53 Å². The number of aromatic nitrogens is 4. The molecule has 7 nitrogen and oxygen atoms in total. The van der Waals surface area contributed by atoms with Crippen molar-refractivity contribution >= 4 is 5.91 Å². The molecule has 3 heterocycles. The zero-order chi connectivity index (χ0) is 20.5. The highest BCUT2D eigenvalue weighted by Crippen LogP contribution is 2.31. The first-order chi connectivity index (χ1) is 14.0. The summed E-state index contributed by atoms with van der Waals surface area (Å²) in [5.41, 5.74) is 5.68. The maximum absolute atomic E-state index is 13.3. The molecule has 4 rings (SSSR count). The summed E-state index contributed by atoms with van der Waals surface area (Å²) in [6, 6.07) is 10.1. The average Bonchev–Trinajstić information content (AvgIpc) is 3.19. The number of carbonyl (C=O) groups excluding carboxylic acids is 1. The summed E-state index contributed by atoms with van der Waals surface area (Å²) < 4.78 is 9.48. The Balaban J connectivity index is 1.67. The van der Waals surface area contributed by atoms with Crippen molar-refractivity contribution in [3.8, 4) is 0 Å². The van der Waals surface area contributed by atoms with Crippen LogP contribution < -0.4 is 0 Å². The molecular weight excluding hydrogens is 366 g/mol. The average molecular weight is 393 g/mol. The van der Waals surface area contributed by atoms with Crippen molar-refractivity contribution in [1.29, 1.82) is 0 Å². The predicted octanol–water partition coefficient (Wildman–Crippen LogP) is 2.80. The number of rotatable bonds is 4. The van der Waals surface area contributed by atoms with Gasteiger partial charge in [-0.15, -0.1) is 0 Å². The molecule has 1 atom stereocenters. The van der Waals surface area contributed by atoms with E-state index in [1.54, 1.807) is 10.9 Å². The fraction of sp³-hybridized carbons (Fsp3) is 0.409. The van der Waals surface area contributed by atoms with Gasteiger partial charge in [0, 0.05) is 31.0 Å². The van der Waals surface area contributed by atoms with Crippen LogP contribution in [-0.4, -0.2) is 50.1 Å². The van der Waals surface area contributed by atoms with Gasteiger partial charge in [0.25, 0.3) is 5.91 Å². The maximum Gasteiger partial charge on any atom is 0.257 e. The molecule has 7 heteroatoms. The second-order valence-corrected chi connectivity index (χ2v) is 7.62. The third-order valence-electron chi connectivity index (χ3n) is 5.58. The minimum atomic E-state index is -0.152. The Bertz CT molecular complexity index is 1020. The molecule has 1 aliphatic heterocycles. The molecule has 0 aliphatic carbocycles. The van der Waals surface area contributed by atoms with Crippen molar-refractivity contribution in [3.63, 3.8) is 0 Å². The van der Waals surface area contributed by atoms with Gasteiger partial charge in [-0.3, -0.25) is 14.2 Å². The highest BCUT2D eigenvalue weighted by molar-refractivity contribution is 5.95. The minimum Gasteiger partial charge on any atom is -0.377 e. The first-order valence-corrected chi connectivity index (χ1v) is 9.92. The van der Waals surface area contributed by atoms with E-state index in [0.29, 0.717) is 31.9 Å². The lowest BCUT2D eigenvalue weighted by atomic mass is 10.0. The van der Waals surface area contributed by atoms with Crippen LogP contribution in [0.15, 0.2) is 36.5 Å². The molecule has 29 heavy (non-hydrogen) atoms. The third kappa shape index (κ3) is 3.70. The van der Waals surface area contributed by atoms with Crippen molar-refractivity contribution in [2.45, 2.75) is 33.4 Å². The molecule has 3 aromatic rings. The van der Waals surface area contributed by atoms with Gasteiger partial charge >= 0.3 is 0 Å². The Hall–Kier alpha value is -2.93. The monoisotopic (exact) mass is 393 g/mol. The number of morpholine rings is 1. The van der Waals surface area contributed by atoms with Crippen molar-refractivity contribution in [2.24, 2.45) is 7.05 Å². The second-order valence-electron chi connectivity index (χ2n) is 7.62. The number of nitrogens with zero attached hydrogens (tertiary/aromatic N) is 5. The molecule has 1 aromatic carbocycles. The van der Waals surface area contributed by atoms with E-state index in [1.807, 2.05) is 48.7 Å². The molecule has 0 spiro atoms. The predicted molar refractivity (Wildman–Crippen MR) is 110 cm³/mol. The first-order valence-electron chi connectivity index (χ1n) is 9.92. The topological polar surface area (TPSA) is 65.2 Å². The standard InChI is InChI=1S/C22H27N5O2/c1-15-19(13-25(4)23-15)22(28)26-10-11-29-14-20(26)21-16(2)24-27(17(21)3)12-18-8-6-5-7-9-18/h5-9,13,20H,10-12,14H2,1-4H3/t20-/m0/s1. The van der Waals surface area contributed by atoms with Crippen LogP contribution >= 0.6 is 0 Å². The maximum atomic E-state index is 13.3. The number of aryl methyl sites for hydroxylation is 3. The Morgan fingerprint density at radius 3 is 2.59 bits per heavy atom. The molecule has 0 saturated carbocycles. The van der Waals surface area contributed by atoms with E-state index in [9.17, 15) is 4.79 Å². The molecule has 1 aliphatic rings. The summed E-state index contributed by atoms with van der Waals surface area (Å²) >= 11 is 0. The van der Waals surface area contributed by atoms with E-state index in [2.05, 4.69) is 24.2 Å². The molecular formula is C22H27N5O2. The van der Waals surface area contributed by atoms with Gasteiger partial charge in [0.05, 0.1) is 42.8 Å². The Morgan fingerprint density at radius 2 is 1.90 bits per heavy atom. The Labute approximate surface area is 170 Å². The summed E-state index contributed by atoms with van der Waals surface area (Å²) in [5, 5.41) is 9.11. The number of hydrogen-bond acceptors (Lipinski definition) is 4. The molecule has 0 unspecified atom stereocenters.